The number of nitrogens with one attached hydrogen (secondary N) is 1. The van der Waals surface area contributed by atoms with E-state index in [1.54, 1.807) is 0 Å². The Morgan fingerprint density at radius 2 is 2.00 bits per heavy atom. The van der Waals surface area contributed by atoms with Gasteiger partial charge in [-0.15, -0.1) is 0 Å². The van der Waals surface area contributed by atoms with Gasteiger partial charge in [-0.3, -0.25) is 5.43 Å². The number of rotatable bonds is 3. The molecule has 0 unspecified atom stereocenters. The molecule has 0 aromatic rings. The summed E-state index contributed by atoms with van der Waals surface area (Å²) in [5.41, 5.74) is 2.29. The summed E-state index contributed by atoms with van der Waals surface area (Å²) < 4.78 is 5.18. The first-order chi connectivity index (χ1) is 7.90. The Balaban J connectivity index is 2.24. The van der Waals surface area contributed by atoms with E-state index in [1.807, 2.05) is 25.8 Å². The van der Waals surface area contributed by atoms with Gasteiger partial charge in [0.15, 0.2) is 0 Å². The molecule has 2 N–H and O–H groups in total. The van der Waals surface area contributed by atoms with Gasteiger partial charge in [-0.05, 0) is 46.0 Å². The molecule has 1 rings (SSSR count). The van der Waals surface area contributed by atoms with E-state index in [1.165, 1.54) is 0 Å². The van der Waals surface area contributed by atoms with E-state index in [0.717, 1.165) is 32.4 Å². The topological polar surface area (TPSA) is 61.8 Å². The van der Waals surface area contributed by atoms with Gasteiger partial charge in [0.05, 0.1) is 0 Å². The Kier molecular flexibility index (Phi) is 5.21. The Hall–Kier alpha value is -0.810. The van der Waals surface area contributed by atoms with Gasteiger partial charge in [-0.2, -0.15) is 0 Å². The predicted molar refractivity (Wildman–Crippen MR) is 65.4 cm³/mol. The normalized spacial score (nSPS) is 19.1. The molecule has 0 radical (unpaired) electrons. The number of piperidine rings is 1. The van der Waals surface area contributed by atoms with E-state index in [9.17, 15) is 4.79 Å². The first-order valence-corrected chi connectivity index (χ1v) is 6.26. The molecule has 1 heterocycles. The van der Waals surface area contributed by atoms with Gasteiger partial charge in [0.1, 0.15) is 5.60 Å². The second kappa shape index (κ2) is 6.21. The summed E-state index contributed by atoms with van der Waals surface area (Å²) in [6, 6.07) is 0. The fourth-order valence-corrected chi connectivity index (χ4v) is 1.95. The number of aliphatic hydroxyl groups excluding tert-OH is 1. The maximum Gasteiger partial charge on any atom is 0.422 e. The fraction of sp³-hybridized carbons (Fsp3) is 0.917. The molecular weight excluding hydrogens is 220 g/mol. The highest BCUT2D eigenvalue weighted by Gasteiger charge is 2.22. The molecule has 5 nitrogen and oxygen atoms in total. The zero-order valence-corrected chi connectivity index (χ0v) is 11.0. The quantitative estimate of drug-likeness (QED) is 0.790. The second-order valence-electron chi connectivity index (χ2n) is 5.56. The van der Waals surface area contributed by atoms with Crippen molar-refractivity contribution >= 4 is 6.09 Å². The van der Waals surface area contributed by atoms with Gasteiger partial charge in [0, 0.05) is 19.7 Å². The van der Waals surface area contributed by atoms with E-state index < -0.39 is 11.7 Å². The molecule has 0 saturated carbocycles. The van der Waals surface area contributed by atoms with Gasteiger partial charge in [0.2, 0.25) is 0 Å². The van der Waals surface area contributed by atoms with Crippen molar-refractivity contribution in [2.45, 2.75) is 45.6 Å². The van der Waals surface area contributed by atoms with Gasteiger partial charge in [0.25, 0.3) is 0 Å². The van der Waals surface area contributed by atoms with Crippen LogP contribution >= 0.6 is 0 Å². The molecule has 1 aliphatic rings. The fourth-order valence-electron chi connectivity index (χ4n) is 1.95. The maximum absolute atomic E-state index is 11.5. The number of ether oxygens (including phenoxy) is 1. The smallest absolute Gasteiger partial charge is 0.422 e. The molecule has 0 aliphatic carbocycles. The summed E-state index contributed by atoms with van der Waals surface area (Å²) in [6.45, 7) is 7.44. The monoisotopic (exact) mass is 244 g/mol. The van der Waals surface area contributed by atoms with Crippen molar-refractivity contribution in [3.8, 4) is 0 Å². The summed E-state index contributed by atoms with van der Waals surface area (Å²) in [5.74, 6) is 0.580. The van der Waals surface area contributed by atoms with Gasteiger partial charge >= 0.3 is 6.09 Å². The van der Waals surface area contributed by atoms with Crippen molar-refractivity contribution < 1.29 is 14.6 Å². The van der Waals surface area contributed by atoms with Crippen LogP contribution in [-0.4, -0.2) is 41.5 Å². The Morgan fingerprint density at radius 3 is 2.47 bits per heavy atom. The number of hydrazine groups is 1. The van der Waals surface area contributed by atoms with E-state index in [2.05, 4.69) is 5.43 Å². The average Bonchev–Trinajstić information content (AvgIpc) is 2.18. The van der Waals surface area contributed by atoms with Crippen LogP contribution < -0.4 is 5.43 Å². The molecule has 0 aromatic heterocycles. The SMILES string of the molecule is CC(C)(C)OC(=O)NN1CCC(CCO)CC1. The van der Waals surface area contributed by atoms with Crippen LogP contribution in [0, 0.1) is 5.92 Å². The molecule has 17 heavy (non-hydrogen) atoms. The molecule has 1 fully saturated rings. The first-order valence-electron chi connectivity index (χ1n) is 6.26. The molecule has 100 valence electrons. The molecule has 0 atom stereocenters. The Bertz CT molecular complexity index is 243. The first kappa shape index (κ1) is 14.3. The largest absolute Gasteiger partial charge is 0.443 e. The Labute approximate surface area is 103 Å². The third kappa shape index (κ3) is 5.89. The van der Waals surface area contributed by atoms with Gasteiger partial charge < -0.3 is 9.84 Å². The van der Waals surface area contributed by atoms with E-state index in [4.69, 9.17) is 9.84 Å². The lowest BCUT2D eigenvalue weighted by Crippen LogP contribution is -2.48. The molecular formula is C12H24N2O3. The Morgan fingerprint density at radius 1 is 1.41 bits per heavy atom. The van der Waals surface area contributed by atoms with Crippen LogP contribution in [0.15, 0.2) is 0 Å². The minimum Gasteiger partial charge on any atom is -0.443 e. The van der Waals surface area contributed by atoms with Gasteiger partial charge in [-0.25, -0.2) is 9.80 Å². The second-order valence-corrected chi connectivity index (χ2v) is 5.56. The van der Waals surface area contributed by atoms with Crippen LogP contribution in [-0.2, 0) is 4.74 Å². The summed E-state index contributed by atoms with van der Waals surface area (Å²) in [4.78, 5) is 11.5. The zero-order chi connectivity index (χ0) is 12.9. The molecule has 5 heteroatoms. The average molecular weight is 244 g/mol. The summed E-state index contributed by atoms with van der Waals surface area (Å²) in [5, 5.41) is 10.7. The third-order valence-corrected chi connectivity index (χ3v) is 2.80. The van der Waals surface area contributed by atoms with Crippen LogP contribution in [0.4, 0.5) is 4.79 Å². The summed E-state index contributed by atoms with van der Waals surface area (Å²) >= 11 is 0. The minimum absolute atomic E-state index is 0.254. The van der Waals surface area contributed by atoms with Crippen LogP contribution in [0.2, 0.25) is 0 Å². The number of aliphatic hydroxyl groups is 1. The standard InChI is InChI=1S/C12H24N2O3/c1-12(2,3)17-11(16)13-14-7-4-10(5-8-14)6-9-15/h10,15H,4-9H2,1-3H3,(H,13,16). The number of carbonyl (C=O) groups excluding carboxylic acids is 1. The van der Waals surface area contributed by atoms with Crippen molar-refractivity contribution in [3.63, 3.8) is 0 Å². The number of hydrogen-bond acceptors (Lipinski definition) is 4. The lowest BCUT2D eigenvalue weighted by Gasteiger charge is -2.32. The highest BCUT2D eigenvalue weighted by Crippen LogP contribution is 2.19. The summed E-state index contributed by atoms with van der Waals surface area (Å²) in [6.07, 6.45) is 2.49. The number of carbonyl (C=O) groups is 1. The molecule has 0 bridgehead atoms. The van der Waals surface area contributed by atoms with Crippen molar-refractivity contribution in [3.05, 3.63) is 0 Å². The highest BCUT2D eigenvalue weighted by molar-refractivity contribution is 5.67. The lowest BCUT2D eigenvalue weighted by molar-refractivity contribution is 0.0254. The van der Waals surface area contributed by atoms with Crippen molar-refractivity contribution in [2.75, 3.05) is 19.7 Å². The highest BCUT2D eigenvalue weighted by atomic mass is 16.6. The van der Waals surface area contributed by atoms with Crippen LogP contribution in [0.25, 0.3) is 0 Å². The molecule has 1 aliphatic heterocycles. The van der Waals surface area contributed by atoms with E-state index >= 15 is 0 Å². The van der Waals surface area contributed by atoms with Crippen molar-refractivity contribution in [2.24, 2.45) is 5.92 Å². The number of hydrogen-bond donors (Lipinski definition) is 2. The molecule has 0 spiro atoms. The summed E-state index contributed by atoms with van der Waals surface area (Å²) in [7, 11) is 0. The van der Waals surface area contributed by atoms with Crippen LogP contribution in [0.1, 0.15) is 40.0 Å². The molecule has 1 saturated heterocycles. The number of nitrogens with zero attached hydrogens (tertiary/aromatic N) is 1. The van der Waals surface area contributed by atoms with Crippen LogP contribution in [0.5, 0.6) is 0 Å². The van der Waals surface area contributed by atoms with Gasteiger partial charge in [-0.1, -0.05) is 0 Å². The van der Waals surface area contributed by atoms with E-state index in [0.29, 0.717) is 5.92 Å². The molecule has 1 amide bonds. The van der Waals surface area contributed by atoms with Crippen LogP contribution in [0.3, 0.4) is 0 Å². The third-order valence-electron chi connectivity index (χ3n) is 2.80. The van der Waals surface area contributed by atoms with Crippen molar-refractivity contribution in [1.82, 2.24) is 10.4 Å². The minimum atomic E-state index is -0.459. The maximum atomic E-state index is 11.5. The van der Waals surface area contributed by atoms with E-state index in [-0.39, 0.29) is 6.61 Å². The lowest BCUT2D eigenvalue weighted by atomic mass is 9.95. The van der Waals surface area contributed by atoms with Crippen molar-refractivity contribution in [1.29, 1.82) is 0 Å². The zero-order valence-electron chi connectivity index (χ0n) is 11.0. The number of amides is 1. The predicted octanol–water partition coefficient (Wildman–Crippen LogP) is 1.52. The molecule has 0 aromatic carbocycles.